The summed E-state index contributed by atoms with van der Waals surface area (Å²) in [6, 6.07) is 4.12. The van der Waals surface area contributed by atoms with Gasteiger partial charge in [0.25, 0.3) is 0 Å². The van der Waals surface area contributed by atoms with Crippen LogP contribution in [0.15, 0.2) is 12.1 Å². The van der Waals surface area contributed by atoms with Crippen molar-refractivity contribution < 1.29 is 9.84 Å². The number of nitrogens with two attached hydrogens (primary N) is 1. The third-order valence-corrected chi connectivity index (χ3v) is 3.24. The van der Waals surface area contributed by atoms with Crippen LogP contribution in [0.3, 0.4) is 0 Å². The van der Waals surface area contributed by atoms with Crippen molar-refractivity contribution in [1.82, 2.24) is 4.90 Å². The van der Waals surface area contributed by atoms with Crippen molar-refractivity contribution in [1.29, 1.82) is 0 Å². The lowest BCUT2D eigenvalue weighted by atomic mass is 10.4. The van der Waals surface area contributed by atoms with Crippen molar-refractivity contribution in [3.8, 4) is 11.8 Å². The van der Waals surface area contributed by atoms with Crippen LogP contribution in [0, 0.1) is 11.8 Å². The number of hydrogen-bond acceptors (Lipinski definition) is 5. The van der Waals surface area contributed by atoms with Crippen molar-refractivity contribution in [2.24, 2.45) is 5.73 Å². The van der Waals surface area contributed by atoms with E-state index in [1.165, 1.54) is 4.88 Å². The minimum Gasteiger partial charge on any atom is -0.394 e. The van der Waals surface area contributed by atoms with Crippen LogP contribution in [0.1, 0.15) is 9.75 Å². The number of ether oxygens (including phenoxy) is 1. The maximum Gasteiger partial charge on any atom is 0.0772 e. The highest BCUT2D eigenvalue weighted by atomic mass is 32.1. The molecule has 1 aromatic heterocycles. The highest BCUT2D eigenvalue weighted by Crippen LogP contribution is 2.16. The van der Waals surface area contributed by atoms with E-state index in [0.29, 0.717) is 19.8 Å². The van der Waals surface area contributed by atoms with Crippen molar-refractivity contribution in [2.75, 3.05) is 40.0 Å². The fourth-order valence-electron chi connectivity index (χ4n) is 1.40. The molecule has 0 aliphatic heterocycles. The number of likely N-dealkylation sites (N-methyl/N-ethyl adjacent to an activating group) is 1. The van der Waals surface area contributed by atoms with Crippen LogP contribution >= 0.6 is 11.3 Å². The second-order valence-electron chi connectivity index (χ2n) is 3.85. The predicted molar refractivity (Wildman–Crippen MR) is 74.5 cm³/mol. The van der Waals surface area contributed by atoms with Gasteiger partial charge in [0.2, 0.25) is 0 Å². The molecule has 0 saturated carbocycles. The van der Waals surface area contributed by atoms with E-state index >= 15 is 0 Å². The standard InChI is InChI=1S/C13H20N2O2S/c1-15(7-9-17-10-8-16)11-13-5-4-12(18-13)3-2-6-14/h4-5,16H,6-11,14H2,1H3. The van der Waals surface area contributed by atoms with E-state index in [2.05, 4.69) is 22.8 Å². The average Bonchev–Trinajstić information content (AvgIpc) is 2.80. The molecule has 0 radical (unpaired) electrons. The summed E-state index contributed by atoms with van der Waals surface area (Å²) in [6.45, 7) is 3.26. The summed E-state index contributed by atoms with van der Waals surface area (Å²) in [5, 5.41) is 8.58. The fourth-order valence-corrected chi connectivity index (χ4v) is 2.36. The Labute approximate surface area is 112 Å². The smallest absolute Gasteiger partial charge is 0.0772 e. The van der Waals surface area contributed by atoms with Crippen molar-refractivity contribution >= 4 is 11.3 Å². The molecule has 0 aromatic carbocycles. The molecule has 0 amide bonds. The van der Waals surface area contributed by atoms with Crippen molar-refractivity contribution in [2.45, 2.75) is 6.54 Å². The Kier molecular flexibility index (Phi) is 7.65. The van der Waals surface area contributed by atoms with Gasteiger partial charge in [-0.05, 0) is 19.2 Å². The van der Waals surface area contributed by atoms with Crippen molar-refractivity contribution in [3.63, 3.8) is 0 Å². The second-order valence-corrected chi connectivity index (χ2v) is 5.01. The van der Waals surface area contributed by atoms with Gasteiger partial charge in [0.1, 0.15) is 0 Å². The summed E-state index contributed by atoms with van der Waals surface area (Å²) in [5.74, 6) is 5.88. The number of thiophene rings is 1. The Balaban J connectivity index is 2.30. The zero-order valence-electron chi connectivity index (χ0n) is 10.7. The highest BCUT2D eigenvalue weighted by Gasteiger charge is 2.03. The van der Waals surface area contributed by atoms with Gasteiger partial charge in [-0.25, -0.2) is 0 Å². The molecular weight excluding hydrogens is 248 g/mol. The minimum atomic E-state index is 0.0812. The molecule has 0 fully saturated rings. The normalized spacial score (nSPS) is 10.4. The van der Waals surface area contributed by atoms with Crippen molar-refractivity contribution in [3.05, 3.63) is 21.9 Å². The van der Waals surface area contributed by atoms with Gasteiger partial charge in [0, 0.05) is 18.0 Å². The monoisotopic (exact) mass is 268 g/mol. The zero-order valence-corrected chi connectivity index (χ0v) is 11.5. The van der Waals surface area contributed by atoms with E-state index in [4.69, 9.17) is 15.6 Å². The summed E-state index contributed by atoms with van der Waals surface area (Å²) < 4.78 is 5.22. The van der Waals surface area contributed by atoms with Crippen LogP contribution in [0.2, 0.25) is 0 Å². The van der Waals surface area contributed by atoms with Gasteiger partial charge >= 0.3 is 0 Å². The largest absolute Gasteiger partial charge is 0.394 e. The van der Waals surface area contributed by atoms with Gasteiger partial charge in [0.15, 0.2) is 0 Å². The zero-order chi connectivity index (χ0) is 13.2. The first kappa shape index (κ1) is 15.2. The highest BCUT2D eigenvalue weighted by molar-refractivity contribution is 7.12. The van der Waals surface area contributed by atoms with E-state index in [-0.39, 0.29) is 6.61 Å². The lowest BCUT2D eigenvalue weighted by Gasteiger charge is -2.15. The molecule has 0 atom stereocenters. The molecule has 0 aliphatic rings. The van der Waals surface area contributed by atoms with E-state index in [1.54, 1.807) is 11.3 Å². The van der Waals surface area contributed by atoms with Gasteiger partial charge in [-0.3, -0.25) is 4.90 Å². The topological polar surface area (TPSA) is 58.7 Å². The Morgan fingerprint density at radius 3 is 3.00 bits per heavy atom. The number of aliphatic hydroxyl groups excluding tert-OH is 1. The Morgan fingerprint density at radius 1 is 1.44 bits per heavy atom. The molecule has 1 aromatic rings. The SMILES string of the molecule is CN(CCOCCO)Cc1ccc(C#CCN)s1. The number of hydrogen-bond donors (Lipinski definition) is 2. The van der Waals surface area contributed by atoms with Gasteiger partial charge < -0.3 is 15.6 Å². The molecule has 0 spiro atoms. The third-order valence-electron chi connectivity index (χ3n) is 2.25. The van der Waals surface area contributed by atoms with Crippen LogP contribution in [0.25, 0.3) is 0 Å². The van der Waals surface area contributed by atoms with Crippen LogP contribution in [-0.4, -0.2) is 50.0 Å². The van der Waals surface area contributed by atoms with Crippen LogP contribution in [0.5, 0.6) is 0 Å². The predicted octanol–water partition coefficient (Wildman–Crippen LogP) is 0.499. The lowest BCUT2D eigenvalue weighted by molar-refractivity contribution is 0.0774. The maximum absolute atomic E-state index is 8.58. The molecule has 100 valence electrons. The first-order valence-electron chi connectivity index (χ1n) is 5.91. The van der Waals surface area contributed by atoms with E-state index in [9.17, 15) is 0 Å². The molecule has 0 aliphatic carbocycles. The van der Waals surface area contributed by atoms with Crippen LogP contribution < -0.4 is 5.73 Å². The van der Waals surface area contributed by atoms with E-state index < -0.39 is 0 Å². The quantitative estimate of drug-likeness (QED) is 0.558. The molecule has 4 nitrogen and oxygen atoms in total. The first-order valence-corrected chi connectivity index (χ1v) is 6.72. The molecule has 0 saturated heterocycles. The summed E-state index contributed by atoms with van der Waals surface area (Å²) >= 11 is 1.69. The first-order chi connectivity index (χ1) is 8.76. The van der Waals surface area contributed by atoms with Gasteiger partial charge in [-0.2, -0.15) is 0 Å². The number of nitrogens with zero attached hydrogens (tertiary/aromatic N) is 1. The summed E-state index contributed by atoms with van der Waals surface area (Å²) in [5.41, 5.74) is 5.33. The molecular formula is C13H20N2O2S. The van der Waals surface area contributed by atoms with E-state index in [0.717, 1.165) is 18.0 Å². The second kappa shape index (κ2) is 9.09. The molecule has 5 heteroatoms. The summed E-state index contributed by atoms with van der Waals surface area (Å²) in [4.78, 5) is 4.52. The van der Waals surface area contributed by atoms with Crippen LogP contribution in [0.4, 0.5) is 0 Å². The molecule has 18 heavy (non-hydrogen) atoms. The third kappa shape index (κ3) is 6.15. The average molecular weight is 268 g/mol. The molecule has 0 unspecified atom stereocenters. The molecule has 3 N–H and O–H groups in total. The minimum absolute atomic E-state index is 0.0812. The summed E-state index contributed by atoms with van der Waals surface area (Å²) in [7, 11) is 2.05. The summed E-state index contributed by atoms with van der Waals surface area (Å²) in [6.07, 6.45) is 0. The van der Waals surface area contributed by atoms with Crippen LogP contribution in [-0.2, 0) is 11.3 Å². The molecule has 1 heterocycles. The maximum atomic E-state index is 8.58. The molecule has 0 bridgehead atoms. The van der Waals surface area contributed by atoms with Gasteiger partial charge in [-0.15, -0.1) is 11.3 Å². The number of rotatable bonds is 7. The van der Waals surface area contributed by atoms with Gasteiger partial charge in [-0.1, -0.05) is 11.8 Å². The van der Waals surface area contributed by atoms with E-state index in [1.807, 2.05) is 13.1 Å². The molecule has 1 rings (SSSR count). The fraction of sp³-hybridized carbons (Fsp3) is 0.538. The Morgan fingerprint density at radius 2 is 2.28 bits per heavy atom. The number of aliphatic hydroxyl groups is 1. The lowest BCUT2D eigenvalue weighted by Crippen LogP contribution is -2.22. The Bertz CT molecular complexity index is 395. The Hall–Kier alpha value is -0.900. The van der Waals surface area contributed by atoms with Gasteiger partial charge in [0.05, 0.1) is 31.2 Å².